The molecule has 1 aromatic rings. The van der Waals surface area contributed by atoms with Crippen LogP contribution < -0.4 is 0 Å². The molecule has 0 saturated heterocycles. The Morgan fingerprint density at radius 3 is 2.23 bits per heavy atom. The van der Waals surface area contributed by atoms with Crippen molar-refractivity contribution >= 4 is 27.5 Å². The lowest BCUT2D eigenvalue weighted by Gasteiger charge is -2.21. The molecule has 3 heteroatoms. The molecule has 0 bridgehead atoms. The van der Waals surface area contributed by atoms with Crippen molar-refractivity contribution in [3.8, 4) is 0 Å². The van der Waals surface area contributed by atoms with Gasteiger partial charge >= 0.3 is 0 Å². The summed E-state index contributed by atoms with van der Waals surface area (Å²) in [4.78, 5) is 0. The second kappa shape index (κ2) is 3.58. The Morgan fingerprint density at radius 2 is 1.85 bits per heavy atom. The van der Waals surface area contributed by atoms with Gasteiger partial charge in [0.25, 0.3) is 0 Å². The lowest BCUT2D eigenvalue weighted by molar-refractivity contribution is 0.523. The van der Waals surface area contributed by atoms with Gasteiger partial charge in [-0.15, -0.1) is 0 Å². The highest BCUT2D eigenvalue weighted by atomic mass is 79.9. The quantitative estimate of drug-likeness (QED) is 0.604. The minimum atomic E-state index is -0.273. The fourth-order valence-corrected chi connectivity index (χ4v) is 1.98. The molecule has 0 atom stereocenters. The number of hydrogen-bond donors (Lipinski definition) is 0. The number of hydrogen-bond acceptors (Lipinski definition) is 0. The van der Waals surface area contributed by atoms with Gasteiger partial charge < -0.3 is 0 Å². The molecule has 72 valence electrons. The normalized spacial score (nSPS) is 11.8. The molecule has 0 aliphatic carbocycles. The first kappa shape index (κ1) is 11.0. The molecular weight excluding hydrogens is 254 g/mol. The molecule has 1 aromatic carbocycles. The van der Waals surface area contributed by atoms with Gasteiger partial charge in [0.2, 0.25) is 0 Å². The number of rotatable bonds is 0. The molecule has 1 rings (SSSR count). The fourth-order valence-electron chi connectivity index (χ4n) is 1.21. The highest BCUT2D eigenvalue weighted by molar-refractivity contribution is 9.10. The summed E-state index contributed by atoms with van der Waals surface area (Å²) in [6.07, 6.45) is 0. The van der Waals surface area contributed by atoms with Crippen LogP contribution in [0.25, 0.3) is 0 Å². The molecule has 0 heterocycles. The third kappa shape index (κ3) is 2.23. The van der Waals surface area contributed by atoms with Gasteiger partial charge in [-0.05, 0) is 33.5 Å². The Hall–Kier alpha value is -0.0800. The first-order valence-electron chi connectivity index (χ1n) is 3.98. The first-order valence-corrected chi connectivity index (χ1v) is 5.15. The van der Waals surface area contributed by atoms with Crippen molar-refractivity contribution in [2.75, 3.05) is 0 Å². The van der Waals surface area contributed by atoms with Gasteiger partial charge in [0.05, 0.1) is 5.02 Å². The van der Waals surface area contributed by atoms with Crippen LogP contribution in [-0.4, -0.2) is 0 Å². The van der Waals surface area contributed by atoms with Crippen LogP contribution in [0.4, 0.5) is 4.39 Å². The van der Waals surface area contributed by atoms with Crippen LogP contribution in [0.2, 0.25) is 5.02 Å². The Balaban J connectivity index is 3.43. The van der Waals surface area contributed by atoms with Crippen molar-refractivity contribution in [3.63, 3.8) is 0 Å². The minimum Gasteiger partial charge on any atom is -0.207 e. The molecule has 0 saturated carbocycles. The smallest absolute Gasteiger partial charge is 0.128 e. The molecule has 0 unspecified atom stereocenters. The second-order valence-electron chi connectivity index (χ2n) is 3.97. The SMILES string of the molecule is CC(C)(C)c1c(F)ccc(Br)c1Cl. The Kier molecular flexibility index (Phi) is 3.03. The van der Waals surface area contributed by atoms with Gasteiger partial charge in [-0.2, -0.15) is 0 Å². The van der Waals surface area contributed by atoms with E-state index in [-0.39, 0.29) is 11.2 Å². The van der Waals surface area contributed by atoms with E-state index in [1.54, 1.807) is 6.07 Å². The van der Waals surface area contributed by atoms with E-state index < -0.39 is 0 Å². The van der Waals surface area contributed by atoms with Crippen molar-refractivity contribution in [2.45, 2.75) is 26.2 Å². The maximum Gasteiger partial charge on any atom is 0.128 e. The average Bonchev–Trinajstić information content (AvgIpc) is 1.95. The molecule has 0 spiro atoms. The molecule has 13 heavy (non-hydrogen) atoms. The van der Waals surface area contributed by atoms with E-state index >= 15 is 0 Å². The van der Waals surface area contributed by atoms with E-state index in [4.69, 9.17) is 11.6 Å². The third-order valence-corrected chi connectivity index (χ3v) is 3.08. The Labute approximate surface area is 91.2 Å². The summed E-state index contributed by atoms with van der Waals surface area (Å²) in [7, 11) is 0. The van der Waals surface area contributed by atoms with Gasteiger partial charge in [-0.3, -0.25) is 0 Å². The summed E-state index contributed by atoms with van der Waals surface area (Å²) in [5, 5.41) is 0.465. The highest BCUT2D eigenvalue weighted by Crippen LogP contribution is 2.36. The van der Waals surface area contributed by atoms with E-state index in [9.17, 15) is 4.39 Å². The molecular formula is C10H11BrClF. The van der Waals surface area contributed by atoms with E-state index in [2.05, 4.69) is 15.9 Å². The molecule has 0 nitrogen and oxygen atoms in total. The Morgan fingerprint density at radius 1 is 1.31 bits per heavy atom. The van der Waals surface area contributed by atoms with Crippen molar-refractivity contribution < 1.29 is 4.39 Å². The van der Waals surface area contributed by atoms with Crippen molar-refractivity contribution in [1.82, 2.24) is 0 Å². The van der Waals surface area contributed by atoms with Crippen LogP contribution in [0.5, 0.6) is 0 Å². The zero-order valence-electron chi connectivity index (χ0n) is 7.79. The van der Waals surface area contributed by atoms with Crippen LogP contribution in [-0.2, 0) is 5.41 Å². The zero-order valence-corrected chi connectivity index (χ0v) is 10.1. The lowest BCUT2D eigenvalue weighted by Crippen LogP contribution is -2.14. The van der Waals surface area contributed by atoms with Crippen molar-refractivity contribution in [3.05, 3.63) is 33.0 Å². The minimum absolute atomic E-state index is 0.249. The fraction of sp³-hybridized carbons (Fsp3) is 0.400. The van der Waals surface area contributed by atoms with Gasteiger partial charge in [0.1, 0.15) is 5.82 Å². The predicted molar refractivity (Wildman–Crippen MR) is 57.8 cm³/mol. The summed E-state index contributed by atoms with van der Waals surface area (Å²) >= 11 is 9.27. The van der Waals surface area contributed by atoms with Crippen molar-refractivity contribution in [2.24, 2.45) is 0 Å². The van der Waals surface area contributed by atoms with E-state index in [0.29, 0.717) is 10.6 Å². The van der Waals surface area contributed by atoms with E-state index in [1.165, 1.54) is 6.07 Å². The molecule has 0 aliphatic heterocycles. The molecule has 0 amide bonds. The van der Waals surface area contributed by atoms with Gasteiger partial charge in [-0.25, -0.2) is 4.39 Å². The molecule has 0 N–H and O–H groups in total. The maximum atomic E-state index is 13.4. The molecule has 0 aromatic heterocycles. The topological polar surface area (TPSA) is 0 Å². The zero-order chi connectivity index (χ0) is 10.2. The predicted octanol–water partition coefficient (Wildman–Crippen LogP) is 4.54. The largest absolute Gasteiger partial charge is 0.207 e. The number of halogens is 3. The summed E-state index contributed by atoms with van der Waals surface area (Å²) in [6, 6.07) is 3.05. The standard InChI is InChI=1S/C10H11BrClF/c1-10(2,3)8-7(13)5-4-6(11)9(8)12/h4-5H,1-3H3. The lowest BCUT2D eigenvalue weighted by atomic mass is 9.86. The molecule has 0 fully saturated rings. The highest BCUT2D eigenvalue weighted by Gasteiger charge is 2.22. The van der Waals surface area contributed by atoms with Gasteiger partial charge in [0, 0.05) is 10.0 Å². The Bertz CT molecular complexity index is 328. The third-order valence-electron chi connectivity index (χ3n) is 1.79. The summed E-state index contributed by atoms with van der Waals surface area (Å²) < 4.78 is 14.2. The monoisotopic (exact) mass is 264 g/mol. The van der Waals surface area contributed by atoms with E-state index in [1.807, 2.05) is 20.8 Å². The van der Waals surface area contributed by atoms with Crippen LogP contribution in [0.3, 0.4) is 0 Å². The summed E-state index contributed by atoms with van der Waals surface area (Å²) in [6.45, 7) is 5.80. The van der Waals surface area contributed by atoms with Crippen molar-refractivity contribution in [1.29, 1.82) is 0 Å². The first-order chi connectivity index (χ1) is 5.84. The van der Waals surface area contributed by atoms with Gasteiger partial charge in [0.15, 0.2) is 0 Å². The second-order valence-corrected chi connectivity index (χ2v) is 5.20. The molecule has 0 radical (unpaired) electrons. The molecule has 0 aliphatic rings. The summed E-state index contributed by atoms with van der Waals surface area (Å²) in [5.74, 6) is -0.249. The van der Waals surface area contributed by atoms with Crippen LogP contribution in [0.15, 0.2) is 16.6 Å². The average molecular weight is 266 g/mol. The van der Waals surface area contributed by atoms with Crippen LogP contribution in [0, 0.1) is 5.82 Å². The summed E-state index contributed by atoms with van der Waals surface area (Å²) in [5.41, 5.74) is 0.286. The maximum absolute atomic E-state index is 13.4. The van der Waals surface area contributed by atoms with Crippen LogP contribution >= 0.6 is 27.5 Å². The van der Waals surface area contributed by atoms with Crippen LogP contribution in [0.1, 0.15) is 26.3 Å². The van der Waals surface area contributed by atoms with E-state index in [0.717, 1.165) is 4.47 Å². The van der Waals surface area contributed by atoms with Gasteiger partial charge in [-0.1, -0.05) is 32.4 Å². The number of benzene rings is 1.